The molecule has 3 aliphatic rings. The number of hydrogen-bond acceptors (Lipinski definition) is 5. The summed E-state index contributed by atoms with van der Waals surface area (Å²) in [5, 5.41) is 2.93. The molecule has 1 saturated carbocycles. The topological polar surface area (TPSA) is 109 Å². The first-order chi connectivity index (χ1) is 15.9. The van der Waals surface area contributed by atoms with E-state index < -0.39 is 10.0 Å². The minimum Gasteiger partial charge on any atom is -0.379 e. The van der Waals surface area contributed by atoms with Crippen LogP contribution in [0.5, 0.6) is 0 Å². The van der Waals surface area contributed by atoms with E-state index in [-0.39, 0.29) is 22.4 Å². The summed E-state index contributed by atoms with van der Waals surface area (Å²) >= 11 is 0. The molecule has 5 rings (SSSR count). The third-order valence-electron chi connectivity index (χ3n) is 6.42. The van der Waals surface area contributed by atoms with Gasteiger partial charge >= 0.3 is 0 Å². The van der Waals surface area contributed by atoms with Gasteiger partial charge < -0.3 is 15.0 Å². The molecule has 0 radical (unpaired) electrons. The standard InChI is InChI=1S/C24H27N3O5S/c28-23-10-5-18(25-23)15-21(22-9-8-20(16-1-2-16)24(29)26-22)17-3-6-19(7-4-17)33(30,31)27-11-13-32-14-12-27/h3-4,6-9,15-16,18H,1-2,5,10-14H2,(H,25,28)(H,26,29)/b21-15-/t18-/m1/s1. The van der Waals surface area contributed by atoms with Crippen molar-refractivity contribution in [2.75, 3.05) is 26.3 Å². The Bertz CT molecular complexity index is 1240. The van der Waals surface area contributed by atoms with Crippen molar-refractivity contribution in [1.82, 2.24) is 14.6 Å². The van der Waals surface area contributed by atoms with Crippen LogP contribution >= 0.6 is 0 Å². The Morgan fingerprint density at radius 1 is 1.00 bits per heavy atom. The predicted octanol–water partition coefficient (Wildman–Crippen LogP) is 1.98. The number of aromatic amines is 1. The number of carbonyl (C=O) groups excluding carboxylic acids is 1. The number of amides is 1. The van der Waals surface area contributed by atoms with E-state index in [1.165, 1.54) is 4.31 Å². The van der Waals surface area contributed by atoms with Crippen LogP contribution in [0.4, 0.5) is 0 Å². The highest BCUT2D eigenvalue weighted by Gasteiger charge is 2.28. The molecule has 1 aliphatic carbocycles. The Kier molecular flexibility index (Phi) is 5.94. The molecule has 2 aliphatic heterocycles. The highest BCUT2D eigenvalue weighted by Crippen LogP contribution is 2.38. The van der Waals surface area contributed by atoms with Crippen molar-refractivity contribution in [3.63, 3.8) is 0 Å². The van der Waals surface area contributed by atoms with Gasteiger partial charge in [0.1, 0.15) is 0 Å². The summed E-state index contributed by atoms with van der Waals surface area (Å²) < 4.78 is 32.6. The monoisotopic (exact) mass is 469 g/mol. The van der Waals surface area contributed by atoms with E-state index in [1.807, 2.05) is 18.2 Å². The zero-order valence-electron chi connectivity index (χ0n) is 18.2. The van der Waals surface area contributed by atoms with Crippen LogP contribution in [0.15, 0.2) is 52.2 Å². The van der Waals surface area contributed by atoms with Gasteiger partial charge in [0.2, 0.25) is 15.9 Å². The number of sulfonamides is 1. The molecular formula is C24H27N3O5S. The van der Waals surface area contributed by atoms with Crippen LogP contribution in [0.3, 0.4) is 0 Å². The van der Waals surface area contributed by atoms with Gasteiger partial charge in [0.05, 0.1) is 18.1 Å². The number of pyridine rings is 1. The smallest absolute Gasteiger partial charge is 0.251 e. The molecule has 33 heavy (non-hydrogen) atoms. The molecule has 1 aromatic carbocycles. The second-order valence-corrected chi connectivity index (χ2v) is 10.7. The van der Waals surface area contributed by atoms with E-state index >= 15 is 0 Å². The number of H-pyrrole nitrogens is 1. The lowest BCUT2D eigenvalue weighted by Gasteiger charge is -2.26. The predicted molar refractivity (Wildman–Crippen MR) is 123 cm³/mol. The number of hydrogen-bond donors (Lipinski definition) is 2. The number of benzene rings is 1. The van der Waals surface area contributed by atoms with E-state index in [9.17, 15) is 18.0 Å². The normalized spacial score (nSPS) is 22.4. The third-order valence-corrected chi connectivity index (χ3v) is 8.33. The summed E-state index contributed by atoms with van der Waals surface area (Å²) in [4.78, 5) is 27.6. The molecule has 0 bridgehead atoms. The van der Waals surface area contributed by atoms with Gasteiger partial charge in [-0.1, -0.05) is 24.3 Å². The maximum absolute atomic E-state index is 13.0. The maximum atomic E-state index is 13.0. The van der Waals surface area contributed by atoms with Crippen LogP contribution in [0.2, 0.25) is 0 Å². The fourth-order valence-electron chi connectivity index (χ4n) is 4.41. The Hall–Kier alpha value is -2.75. The van der Waals surface area contributed by atoms with Crippen LogP contribution in [0.1, 0.15) is 48.4 Å². The first kappa shape index (κ1) is 22.1. The van der Waals surface area contributed by atoms with Crippen molar-refractivity contribution in [2.24, 2.45) is 0 Å². The van der Waals surface area contributed by atoms with E-state index in [1.54, 1.807) is 24.3 Å². The molecule has 1 atom stereocenters. The lowest BCUT2D eigenvalue weighted by molar-refractivity contribution is -0.119. The number of rotatable bonds is 6. The van der Waals surface area contributed by atoms with Gasteiger partial charge in [0, 0.05) is 42.4 Å². The summed E-state index contributed by atoms with van der Waals surface area (Å²) in [6.45, 7) is 1.46. The molecule has 3 fully saturated rings. The summed E-state index contributed by atoms with van der Waals surface area (Å²) in [6, 6.07) is 10.3. The molecular weight excluding hydrogens is 442 g/mol. The van der Waals surface area contributed by atoms with Gasteiger partial charge in [-0.15, -0.1) is 0 Å². The van der Waals surface area contributed by atoms with Gasteiger partial charge in [-0.3, -0.25) is 9.59 Å². The highest BCUT2D eigenvalue weighted by atomic mass is 32.2. The fraction of sp³-hybridized carbons (Fsp3) is 0.417. The van der Waals surface area contributed by atoms with Crippen molar-refractivity contribution < 1.29 is 17.9 Å². The van der Waals surface area contributed by atoms with Gasteiger partial charge in [-0.2, -0.15) is 4.31 Å². The molecule has 9 heteroatoms. The molecule has 0 unspecified atom stereocenters. The number of carbonyl (C=O) groups is 1. The molecule has 1 aromatic heterocycles. The van der Waals surface area contributed by atoms with Gasteiger partial charge in [0.25, 0.3) is 5.56 Å². The Balaban J connectivity index is 1.49. The van der Waals surface area contributed by atoms with Gasteiger partial charge in [-0.05, 0) is 48.9 Å². The quantitative estimate of drug-likeness (QED) is 0.673. The average molecular weight is 470 g/mol. The van der Waals surface area contributed by atoms with Crippen molar-refractivity contribution >= 4 is 21.5 Å². The lowest BCUT2D eigenvalue weighted by Crippen LogP contribution is -2.40. The van der Waals surface area contributed by atoms with E-state index in [4.69, 9.17) is 4.74 Å². The second kappa shape index (κ2) is 8.89. The minimum atomic E-state index is -3.59. The van der Waals surface area contributed by atoms with Crippen molar-refractivity contribution in [2.45, 2.75) is 42.5 Å². The Labute approximate surface area is 192 Å². The number of morpholine rings is 1. The van der Waals surface area contributed by atoms with Crippen molar-refractivity contribution in [3.8, 4) is 0 Å². The highest BCUT2D eigenvalue weighted by molar-refractivity contribution is 7.89. The lowest BCUT2D eigenvalue weighted by atomic mass is 9.98. The van der Waals surface area contributed by atoms with E-state index in [0.29, 0.717) is 50.8 Å². The van der Waals surface area contributed by atoms with E-state index in [0.717, 1.165) is 29.5 Å². The molecule has 2 saturated heterocycles. The van der Waals surface area contributed by atoms with Crippen molar-refractivity contribution in [1.29, 1.82) is 0 Å². The second-order valence-electron chi connectivity index (χ2n) is 8.76. The van der Waals surface area contributed by atoms with Crippen LogP contribution < -0.4 is 10.9 Å². The summed E-state index contributed by atoms with van der Waals surface area (Å²) in [5.41, 5.74) is 2.89. The van der Waals surface area contributed by atoms with E-state index in [2.05, 4.69) is 10.3 Å². The summed E-state index contributed by atoms with van der Waals surface area (Å²) in [6.07, 6.45) is 5.16. The van der Waals surface area contributed by atoms with Crippen LogP contribution in [-0.4, -0.2) is 56.0 Å². The van der Waals surface area contributed by atoms with Crippen LogP contribution in [-0.2, 0) is 19.6 Å². The zero-order chi connectivity index (χ0) is 23.0. The molecule has 8 nitrogen and oxygen atoms in total. The SMILES string of the molecule is O=C1CC[C@H](/C=C(/c2ccc(S(=O)(=O)N3CCOCC3)cc2)c2ccc(C3CC3)c(=O)[nH]2)N1. The fourth-order valence-corrected chi connectivity index (χ4v) is 5.81. The molecule has 1 amide bonds. The largest absolute Gasteiger partial charge is 0.379 e. The molecule has 2 aromatic rings. The average Bonchev–Trinajstić information content (AvgIpc) is 3.59. The molecule has 174 valence electrons. The zero-order valence-corrected chi connectivity index (χ0v) is 19.1. The van der Waals surface area contributed by atoms with Crippen molar-refractivity contribution in [3.05, 3.63) is 69.6 Å². The summed E-state index contributed by atoms with van der Waals surface area (Å²) in [5.74, 6) is 0.342. The Morgan fingerprint density at radius 2 is 1.73 bits per heavy atom. The number of nitrogens with zero attached hydrogens (tertiary/aromatic N) is 1. The molecule has 3 heterocycles. The minimum absolute atomic E-state index is 0.000118. The molecule has 2 N–H and O–H groups in total. The van der Waals surface area contributed by atoms with Crippen LogP contribution in [0.25, 0.3) is 5.57 Å². The molecule has 0 spiro atoms. The first-order valence-electron chi connectivity index (χ1n) is 11.3. The maximum Gasteiger partial charge on any atom is 0.251 e. The van der Waals surface area contributed by atoms with Gasteiger partial charge in [-0.25, -0.2) is 8.42 Å². The summed E-state index contributed by atoms with van der Waals surface area (Å²) in [7, 11) is -3.59. The first-order valence-corrected chi connectivity index (χ1v) is 12.8. The number of nitrogens with one attached hydrogen (secondary N) is 2. The number of aromatic nitrogens is 1. The Morgan fingerprint density at radius 3 is 2.33 bits per heavy atom. The van der Waals surface area contributed by atoms with Crippen LogP contribution in [0, 0.1) is 0 Å². The third kappa shape index (κ3) is 4.66. The number of ether oxygens (including phenoxy) is 1. The van der Waals surface area contributed by atoms with Gasteiger partial charge in [0.15, 0.2) is 0 Å².